The fourth-order valence-electron chi connectivity index (χ4n) is 2.37. The van der Waals surface area contributed by atoms with Gasteiger partial charge in [-0.15, -0.1) is 0 Å². The number of aryl methyl sites for hydroxylation is 2. The maximum atomic E-state index is 10.2. The van der Waals surface area contributed by atoms with Crippen molar-refractivity contribution in [3.63, 3.8) is 0 Å². The molecule has 0 bridgehead atoms. The molecule has 3 heteroatoms. The van der Waals surface area contributed by atoms with Crippen LogP contribution in [0.5, 0.6) is 0 Å². The SMILES string of the molecule is CCc1[nH]c2c(C)cc(Br)cc2c1C(O)CC. The third-order valence-corrected chi connectivity index (χ3v) is 3.72. The first-order valence-electron chi connectivity index (χ1n) is 6.07. The number of aromatic amines is 1. The molecule has 92 valence electrons. The molecular formula is C14H18BrNO. The van der Waals surface area contributed by atoms with Crippen molar-refractivity contribution in [1.82, 2.24) is 4.98 Å². The van der Waals surface area contributed by atoms with Gasteiger partial charge in [-0.2, -0.15) is 0 Å². The van der Waals surface area contributed by atoms with Crippen molar-refractivity contribution in [3.05, 3.63) is 33.4 Å². The van der Waals surface area contributed by atoms with Crippen LogP contribution in [0.4, 0.5) is 0 Å². The Morgan fingerprint density at radius 1 is 1.35 bits per heavy atom. The quantitative estimate of drug-likeness (QED) is 0.873. The summed E-state index contributed by atoms with van der Waals surface area (Å²) in [5.74, 6) is 0. The van der Waals surface area contributed by atoms with E-state index in [0.717, 1.165) is 39.5 Å². The molecular weight excluding hydrogens is 278 g/mol. The van der Waals surface area contributed by atoms with Crippen LogP contribution < -0.4 is 0 Å². The smallest absolute Gasteiger partial charge is 0.0810 e. The minimum atomic E-state index is -0.382. The number of rotatable bonds is 3. The number of H-pyrrole nitrogens is 1. The van der Waals surface area contributed by atoms with Crippen molar-refractivity contribution in [2.24, 2.45) is 0 Å². The highest BCUT2D eigenvalue weighted by Gasteiger charge is 2.17. The van der Waals surface area contributed by atoms with Gasteiger partial charge in [0.2, 0.25) is 0 Å². The Bertz CT molecular complexity index is 545. The minimum Gasteiger partial charge on any atom is -0.388 e. The Labute approximate surface area is 110 Å². The number of nitrogens with one attached hydrogen (secondary N) is 1. The van der Waals surface area contributed by atoms with Gasteiger partial charge in [-0.05, 0) is 37.5 Å². The van der Waals surface area contributed by atoms with E-state index in [4.69, 9.17) is 0 Å². The zero-order valence-electron chi connectivity index (χ0n) is 10.5. The molecule has 0 fully saturated rings. The van der Waals surface area contributed by atoms with Crippen molar-refractivity contribution in [2.75, 3.05) is 0 Å². The van der Waals surface area contributed by atoms with E-state index in [2.05, 4.69) is 46.9 Å². The van der Waals surface area contributed by atoms with Gasteiger partial charge >= 0.3 is 0 Å². The number of aromatic nitrogens is 1. The first-order chi connectivity index (χ1) is 8.08. The van der Waals surface area contributed by atoms with Gasteiger partial charge < -0.3 is 10.1 Å². The molecule has 1 heterocycles. The fraction of sp³-hybridized carbons (Fsp3) is 0.429. The summed E-state index contributed by atoms with van der Waals surface area (Å²) in [5.41, 5.74) is 4.57. The maximum absolute atomic E-state index is 10.2. The first-order valence-corrected chi connectivity index (χ1v) is 6.86. The summed E-state index contributed by atoms with van der Waals surface area (Å²) in [6.07, 6.45) is 1.27. The van der Waals surface area contributed by atoms with Crippen LogP contribution >= 0.6 is 15.9 Å². The normalized spacial score (nSPS) is 13.2. The molecule has 2 aromatic rings. The molecule has 1 aromatic carbocycles. The molecule has 0 amide bonds. The van der Waals surface area contributed by atoms with Crippen LogP contribution in [0.25, 0.3) is 10.9 Å². The monoisotopic (exact) mass is 295 g/mol. The number of benzene rings is 1. The van der Waals surface area contributed by atoms with Gasteiger partial charge in [0.25, 0.3) is 0 Å². The van der Waals surface area contributed by atoms with Crippen LogP contribution in [-0.2, 0) is 6.42 Å². The summed E-state index contributed by atoms with van der Waals surface area (Å²) >= 11 is 3.52. The summed E-state index contributed by atoms with van der Waals surface area (Å²) in [6, 6.07) is 4.19. The highest BCUT2D eigenvalue weighted by atomic mass is 79.9. The summed E-state index contributed by atoms with van der Waals surface area (Å²) in [6.45, 7) is 6.21. The number of fused-ring (bicyclic) bond motifs is 1. The van der Waals surface area contributed by atoms with E-state index >= 15 is 0 Å². The first kappa shape index (κ1) is 12.7. The standard InChI is InChI=1S/C14H18BrNO/c1-4-11-13(12(17)5-2)10-7-9(15)6-8(3)14(10)16-11/h6-7,12,16-17H,4-5H2,1-3H3. The number of hydrogen-bond donors (Lipinski definition) is 2. The molecule has 0 aliphatic rings. The molecule has 0 aliphatic heterocycles. The summed E-state index contributed by atoms with van der Waals surface area (Å²) in [4.78, 5) is 3.44. The molecule has 1 aromatic heterocycles. The number of aliphatic hydroxyl groups is 1. The van der Waals surface area contributed by atoms with Crippen molar-refractivity contribution in [3.8, 4) is 0 Å². The van der Waals surface area contributed by atoms with E-state index < -0.39 is 0 Å². The fourth-order valence-corrected chi connectivity index (χ4v) is 2.94. The van der Waals surface area contributed by atoms with Gasteiger partial charge in [0.1, 0.15) is 0 Å². The molecule has 1 atom stereocenters. The van der Waals surface area contributed by atoms with Crippen molar-refractivity contribution >= 4 is 26.8 Å². The van der Waals surface area contributed by atoms with Crippen molar-refractivity contribution in [1.29, 1.82) is 0 Å². The summed E-state index contributed by atoms with van der Waals surface area (Å²) in [5, 5.41) is 11.3. The van der Waals surface area contributed by atoms with Gasteiger partial charge in [0.15, 0.2) is 0 Å². The van der Waals surface area contributed by atoms with Crippen molar-refractivity contribution in [2.45, 2.75) is 39.7 Å². The van der Waals surface area contributed by atoms with Crippen LogP contribution in [0.1, 0.15) is 43.2 Å². The van der Waals surface area contributed by atoms with E-state index in [9.17, 15) is 5.11 Å². The predicted molar refractivity (Wildman–Crippen MR) is 75.4 cm³/mol. The summed E-state index contributed by atoms with van der Waals surface area (Å²) in [7, 11) is 0. The highest BCUT2D eigenvalue weighted by molar-refractivity contribution is 9.10. The molecule has 0 saturated heterocycles. The van der Waals surface area contributed by atoms with Gasteiger partial charge in [-0.1, -0.05) is 29.8 Å². The average Bonchev–Trinajstić information content (AvgIpc) is 2.66. The van der Waals surface area contributed by atoms with Crippen molar-refractivity contribution < 1.29 is 5.11 Å². The largest absolute Gasteiger partial charge is 0.388 e. The third kappa shape index (κ3) is 2.14. The molecule has 2 N–H and O–H groups in total. The lowest BCUT2D eigenvalue weighted by Crippen LogP contribution is -1.98. The number of hydrogen-bond acceptors (Lipinski definition) is 1. The summed E-state index contributed by atoms with van der Waals surface area (Å²) < 4.78 is 1.06. The maximum Gasteiger partial charge on any atom is 0.0810 e. The molecule has 1 unspecified atom stereocenters. The number of halogens is 1. The Morgan fingerprint density at radius 2 is 2.06 bits per heavy atom. The zero-order valence-corrected chi connectivity index (χ0v) is 12.1. The molecule has 0 radical (unpaired) electrons. The molecule has 2 nitrogen and oxygen atoms in total. The van der Waals surface area contributed by atoms with Gasteiger partial charge in [-0.25, -0.2) is 0 Å². The molecule has 0 saturated carbocycles. The van der Waals surface area contributed by atoms with Gasteiger partial charge in [0, 0.05) is 26.6 Å². The average molecular weight is 296 g/mol. The van der Waals surface area contributed by atoms with Gasteiger partial charge in [-0.3, -0.25) is 0 Å². The minimum absolute atomic E-state index is 0.382. The Morgan fingerprint density at radius 3 is 2.65 bits per heavy atom. The molecule has 0 aliphatic carbocycles. The third-order valence-electron chi connectivity index (χ3n) is 3.26. The molecule has 17 heavy (non-hydrogen) atoms. The second-order valence-electron chi connectivity index (χ2n) is 4.44. The Balaban J connectivity index is 2.78. The lowest BCUT2D eigenvalue weighted by molar-refractivity contribution is 0.174. The second-order valence-corrected chi connectivity index (χ2v) is 5.36. The topological polar surface area (TPSA) is 36.0 Å². The van der Waals surface area contributed by atoms with E-state index in [1.807, 2.05) is 6.92 Å². The molecule has 0 spiro atoms. The van der Waals surface area contributed by atoms with E-state index in [1.54, 1.807) is 0 Å². The van der Waals surface area contributed by atoms with E-state index in [1.165, 1.54) is 5.56 Å². The second kappa shape index (κ2) is 4.83. The molecule has 2 rings (SSSR count). The van der Waals surface area contributed by atoms with Crippen LogP contribution in [-0.4, -0.2) is 10.1 Å². The van der Waals surface area contributed by atoms with Crippen LogP contribution in [0.2, 0.25) is 0 Å². The van der Waals surface area contributed by atoms with E-state index in [0.29, 0.717) is 0 Å². The number of aliphatic hydroxyl groups excluding tert-OH is 1. The van der Waals surface area contributed by atoms with Crippen LogP contribution in [0.15, 0.2) is 16.6 Å². The van der Waals surface area contributed by atoms with E-state index in [-0.39, 0.29) is 6.10 Å². The highest BCUT2D eigenvalue weighted by Crippen LogP contribution is 2.33. The lowest BCUT2D eigenvalue weighted by Gasteiger charge is -2.09. The Kier molecular flexibility index (Phi) is 3.59. The van der Waals surface area contributed by atoms with Crippen LogP contribution in [0.3, 0.4) is 0 Å². The lowest BCUT2D eigenvalue weighted by atomic mass is 10.0. The predicted octanol–water partition coefficient (Wildman–Crippen LogP) is 4.24. The van der Waals surface area contributed by atoms with Gasteiger partial charge in [0.05, 0.1) is 6.10 Å². The Hall–Kier alpha value is -0.800. The zero-order chi connectivity index (χ0) is 12.6. The van der Waals surface area contributed by atoms with Crippen LogP contribution in [0, 0.1) is 6.92 Å².